The van der Waals surface area contributed by atoms with Crippen molar-refractivity contribution in [2.45, 2.75) is 7.16 Å². The minimum Gasteiger partial charge on any atom is -0.236 e. The average molecular weight is 358 g/mol. The molecular formula is C7H3Br2FN2S2. The van der Waals surface area contributed by atoms with Gasteiger partial charge in [-0.3, -0.25) is 0 Å². The van der Waals surface area contributed by atoms with Crippen LogP contribution in [-0.2, 0) is 0 Å². The highest BCUT2D eigenvalue weighted by molar-refractivity contribution is 9.28. The summed E-state index contributed by atoms with van der Waals surface area (Å²) in [7, 11) is 0. The molecule has 0 saturated carbocycles. The van der Waals surface area contributed by atoms with Crippen molar-refractivity contribution in [2.24, 2.45) is 0 Å². The van der Waals surface area contributed by atoms with E-state index in [0.717, 1.165) is 16.5 Å². The molecule has 74 valence electrons. The van der Waals surface area contributed by atoms with Crippen molar-refractivity contribution < 1.29 is 4.39 Å². The molecule has 2 heterocycles. The van der Waals surface area contributed by atoms with Crippen molar-refractivity contribution >= 4 is 65.3 Å². The molecule has 0 radical (unpaired) electrons. The predicted octanol–water partition coefficient (Wildman–Crippen LogP) is 4.15. The molecule has 0 aromatic carbocycles. The van der Waals surface area contributed by atoms with Crippen LogP contribution in [0.15, 0.2) is 22.7 Å². The summed E-state index contributed by atoms with van der Waals surface area (Å²) in [6.45, 7) is 0. The Kier molecular flexibility index (Phi) is 3.11. The Hall–Kier alpha value is 0.280. The SMILES string of the molecule is FC(Br)(Br)Sc1nc2ncccc2s1. The fraction of sp³-hybridized carbons (Fsp3) is 0.143. The van der Waals surface area contributed by atoms with Crippen LogP contribution < -0.4 is 0 Å². The van der Waals surface area contributed by atoms with Crippen molar-refractivity contribution in [3.05, 3.63) is 18.3 Å². The van der Waals surface area contributed by atoms with Crippen LogP contribution in [0.4, 0.5) is 4.39 Å². The summed E-state index contributed by atoms with van der Waals surface area (Å²) >= 11 is 8.04. The van der Waals surface area contributed by atoms with Gasteiger partial charge in [0.1, 0.15) is 0 Å². The van der Waals surface area contributed by atoms with Crippen molar-refractivity contribution in [1.82, 2.24) is 9.97 Å². The van der Waals surface area contributed by atoms with E-state index in [4.69, 9.17) is 0 Å². The topological polar surface area (TPSA) is 25.8 Å². The number of nitrogens with zero attached hydrogens (tertiary/aromatic N) is 2. The summed E-state index contributed by atoms with van der Waals surface area (Å²) in [4.78, 5) is 8.23. The van der Waals surface area contributed by atoms with Gasteiger partial charge in [0, 0.05) is 6.20 Å². The van der Waals surface area contributed by atoms with E-state index in [1.165, 1.54) is 11.3 Å². The lowest BCUT2D eigenvalue weighted by Crippen LogP contribution is -1.92. The first-order valence-electron chi connectivity index (χ1n) is 3.52. The number of pyridine rings is 1. The van der Waals surface area contributed by atoms with Gasteiger partial charge < -0.3 is 0 Å². The Labute approximate surface area is 105 Å². The summed E-state index contributed by atoms with van der Waals surface area (Å²) < 4.78 is 13.1. The molecule has 2 rings (SSSR count). The number of aromatic nitrogens is 2. The molecule has 0 amide bonds. The second-order valence-corrected chi connectivity index (χ2v) is 9.09. The minimum atomic E-state index is -1.66. The first-order valence-corrected chi connectivity index (χ1v) is 6.74. The van der Waals surface area contributed by atoms with Crippen molar-refractivity contribution in [2.75, 3.05) is 0 Å². The molecule has 0 aliphatic carbocycles. The van der Waals surface area contributed by atoms with E-state index in [1.807, 2.05) is 12.1 Å². The van der Waals surface area contributed by atoms with E-state index in [2.05, 4.69) is 41.8 Å². The second-order valence-electron chi connectivity index (χ2n) is 2.35. The van der Waals surface area contributed by atoms with Gasteiger partial charge in [0.25, 0.3) is 2.82 Å². The van der Waals surface area contributed by atoms with E-state index in [0.29, 0.717) is 9.99 Å². The molecule has 14 heavy (non-hydrogen) atoms. The number of halogens is 3. The molecular weight excluding hydrogens is 355 g/mol. The minimum absolute atomic E-state index is 0.634. The Balaban J connectivity index is 2.36. The van der Waals surface area contributed by atoms with Crippen LogP contribution in [0.3, 0.4) is 0 Å². The zero-order valence-corrected chi connectivity index (χ0v) is 11.4. The third-order valence-corrected chi connectivity index (χ3v) is 4.12. The van der Waals surface area contributed by atoms with Crippen LogP contribution in [0.5, 0.6) is 0 Å². The average Bonchev–Trinajstić information content (AvgIpc) is 2.42. The first kappa shape index (κ1) is 10.8. The van der Waals surface area contributed by atoms with Crippen LogP contribution >= 0.6 is 55.0 Å². The number of thiazole rings is 1. The van der Waals surface area contributed by atoms with Gasteiger partial charge >= 0.3 is 0 Å². The standard InChI is InChI=1S/C7H3Br2FN2S2/c8-7(9,10)14-6-12-5-4(13-6)2-1-3-11-5/h1-3H. The van der Waals surface area contributed by atoms with Crippen molar-refractivity contribution in [1.29, 1.82) is 0 Å². The van der Waals surface area contributed by atoms with Crippen molar-refractivity contribution in [3.63, 3.8) is 0 Å². The molecule has 2 aromatic heterocycles. The van der Waals surface area contributed by atoms with E-state index < -0.39 is 2.82 Å². The van der Waals surface area contributed by atoms with Crippen LogP contribution in [-0.4, -0.2) is 12.8 Å². The molecule has 0 aliphatic heterocycles. The third kappa shape index (κ3) is 2.65. The van der Waals surface area contributed by atoms with Crippen LogP contribution in [0.1, 0.15) is 0 Å². The highest BCUT2D eigenvalue weighted by atomic mass is 79.9. The highest BCUT2D eigenvalue weighted by Crippen LogP contribution is 2.46. The smallest absolute Gasteiger partial charge is 0.236 e. The maximum absolute atomic E-state index is 13.1. The Bertz CT molecular complexity index is 421. The number of hydrogen-bond acceptors (Lipinski definition) is 4. The molecule has 0 saturated heterocycles. The summed E-state index contributed by atoms with van der Waals surface area (Å²) in [5.41, 5.74) is 0.657. The molecule has 0 atom stereocenters. The largest absolute Gasteiger partial charge is 0.271 e. The zero-order valence-electron chi connectivity index (χ0n) is 6.58. The molecule has 7 heteroatoms. The molecule has 0 N–H and O–H groups in total. The Morgan fingerprint density at radius 3 is 2.93 bits per heavy atom. The van der Waals surface area contributed by atoms with Gasteiger partial charge in [-0.25, -0.2) is 14.4 Å². The Morgan fingerprint density at radius 1 is 1.50 bits per heavy atom. The summed E-state index contributed by atoms with van der Waals surface area (Å²) in [6, 6.07) is 3.74. The lowest BCUT2D eigenvalue weighted by Gasteiger charge is -2.04. The first-order chi connectivity index (χ1) is 6.54. The van der Waals surface area contributed by atoms with E-state index in [9.17, 15) is 4.39 Å². The van der Waals surface area contributed by atoms with Crippen molar-refractivity contribution in [3.8, 4) is 0 Å². The molecule has 0 aliphatic rings. The zero-order chi connectivity index (χ0) is 10.2. The number of hydrogen-bond donors (Lipinski definition) is 0. The fourth-order valence-corrected chi connectivity index (χ4v) is 4.22. The van der Waals surface area contributed by atoms with Gasteiger partial charge in [-0.2, -0.15) is 0 Å². The van der Waals surface area contributed by atoms with Gasteiger partial charge in [0.05, 0.1) is 4.70 Å². The van der Waals surface area contributed by atoms with Gasteiger partial charge in [0.15, 0.2) is 9.99 Å². The number of rotatable bonds is 2. The molecule has 0 fully saturated rings. The molecule has 0 unspecified atom stereocenters. The van der Waals surface area contributed by atoms with Crippen LogP contribution in [0.2, 0.25) is 0 Å². The van der Waals surface area contributed by atoms with E-state index in [-0.39, 0.29) is 0 Å². The molecule has 0 spiro atoms. The highest BCUT2D eigenvalue weighted by Gasteiger charge is 2.24. The summed E-state index contributed by atoms with van der Waals surface area (Å²) in [5, 5.41) is 0. The van der Waals surface area contributed by atoms with Gasteiger partial charge in [-0.1, -0.05) is 0 Å². The molecule has 2 aromatic rings. The lowest BCUT2D eigenvalue weighted by atomic mass is 10.5. The lowest BCUT2D eigenvalue weighted by molar-refractivity contribution is 0.549. The summed E-state index contributed by atoms with van der Waals surface area (Å²) in [6.07, 6.45) is 1.67. The Morgan fingerprint density at radius 2 is 2.29 bits per heavy atom. The monoisotopic (exact) mass is 356 g/mol. The quantitative estimate of drug-likeness (QED) is 0.596. The van der Waals surface area contributed by atoms with E-state index >= 15 is 0 Å². The third-order valence-electron chi connectivity index (χ3n) is 1.35. The summed E-state index contributed by atoms with van der Waals surface area (Å²) in [5.74, 6) is 0. The van der Waals surface area contributed by atoms with Gasteiger partial charge in [0.2, 0.25) is 0 Å². The maximum Gasteiger partial charge on any atom is 0.271 e. The number of thioether (sulfide) groups is 1. The maximum atomic E-state index is 13.1. The van der Waals surface area contributed by atoms with Crippen LogP contribution in [0, 0.1) is 0 Å². The van der Waals surface area contributed by atoms with Crippen LogP contribution in [0.25, 0.3) is 10.3 Å². The van der Waals surface area contributed by atoms with Gasteiger partial charge in [-0.15, -0.1) is 11.3 Å². The van der Waals surface area contributed by atoms with Gasteiger partial charge in [-0.05, 0) is 55.8 Å². The number of alkyl halides is 3. The van der Waals surface area contributed by atoms with E-state index in [1.54, 1.807) is 6.20 Å². The number of fused-ring (bicyclic) bond motifs is 1. The fourth-order valence-electron chi connectivity index (χ4n) is 0.892. The molecule has 0 bridgehead atoms. The normalized spacial score (nSPS) is 12.2. The molecule has 2 nitrogen and oxygen atoms in total. The predicted molar refractivity (Wildman–Crippen MR) is 65.0 cm³/mol. The second kappa shape index (κ2) is 4.03.